The monoisotopic (exact) mass is 423 g/mol. The minimum atomic E-state index is -0.317. The van der Waals surface area contributed by atoms with Crippen LogP contribution < -0.4 is 4.74 Å². The number of aryl methyl sites for hydroxylation is 1. The second-order valence-electron chi connectivity index (χ2n) is 7.79. The van der Waals surface area contributed by atoms with Crippen molar-refractivity contribution in [2.24, 2.45) is 0 Å². The lowest BCUT2D eigenvalue weighted by atomic mass is 10.1. The van der Waals surface area contributed by atoms with E-state index in [1.54, 1.807) is 24.3 Å². The SMILES string of the molecule is COc1ccc(CCC(=O)N2CCN(C(=O)Cc3c[nH]c4ccc(F)cc34)CC2)cc1. The van der Waals surface area contributed by atoms with E-state index in [4.69, 9.17) is 4.74 Å². The van der Waals surface area contributed by atoms with Gasteiger partial charge in [0.25, 0.3) is 0 Å². The minimum absolute atomic E-state index is 0.00417. The number of rotatable bonds is 6. The molecule has 1 aliphatic rings. The average Bonchev–Trinajstić information content (AvgIpc) is 3.19. The van der Waals surface area contributed by atoms with Gasteiger partial charge in [-0.25, -0.2) is 4.39 Å². The number of amides is 2. The number of halogens is 1. The molecule has 0 atom stereocenters. The van der Waals surface area contributed by atoms with Gasteiger partial charge in [0.2, 0.25) is 11.8 Å². The number of carbonyl (C=O) groups is 2. The predicted octanol–water partition coefficient (Wildman–Crippen LogP) is 3.16. The Kier molecular flexibility index (Phi) is 6.21. The van der Waals surface area contributed by atoms with Gasteiger partial charge in [0.1, 0.15) is 11.6 Å². The van der Waals surface area contributed by atoms with Crippen molar-refractivity contribution in [3.05, 3.63) is 65.6 Å². The predicted molar refractivity (Wildman–Crippen MR) is 116 cm³/mol. The number of carbonyl (C=O) groups excluding carboxylic acids is 2. The molecule has 2 heterocycles. The van der Waals surface area contributed by atoms with E-state index < -0.39 is 0 Å². The van der Waals surface area contributed by atoms with E-state index >= 15 is 0 Å². The number of hydrogen-bond donors (Lipinski definition) is 1. The Hall–Kier alpha value is -3.35. The second kappa shape index (κ2) is 9.20. The molecule has 4 rings (SSSR count). The van der Waals surface area contributed by atoms with Crippen molar-refractivity contribution in [2.75, 3.05) is 33.3 Å². The Morgan fingerprint density at radius 2 is 1.68 bits per heavy atom. The Morgan fingerprint density at radius 1 is 1.00 bits per heavy atom. The summed E-state index contributed by atoms with van der Waals surface area (Å²) in [6.45, 7) is 2.11. The fourth-order valence-corrected chi connectivity index (χ4v) is 3.98. The number of nitrogens with one attached hydrogen (secondary N) is 1. The third kappa shape index (κ3) is 4.87. The standard InChI is InChI=1S/C24H26FN3O3/c1-31-20-6-2-17(3-7-20)4-9-23(29)27-10-12-28(13-11-27)24(30)14-18-16-26-22-8-5-19(25)15-21(18)22/h2-3,5-8,15-16,26H,4,9-14H2,1H3. The van der Waals surface area contributed by atoms with Gasteiger partial charge in [0, 0.05) is 49.7 Å². The van der Waals surface area contributed by atoms with Gasteiger partial charge >= 0.3 is 0 Å². The number of nitrogens with zero attached hydrogens (tertiary/aromatic N) is 2. The first kappa shape index (κ1) is 20.9. The summed E-state index contributed by atoms with van der Waals surface area (Å²) in [5, 5.41) is 0.737. The molecule has 2 amide bonds. The molecule has 3 aromatic rings. The average molecular weight is 423 g/mol. The lowest BCUT2D eigenvalue weighted by Crippen LogP contribution is -2.51. The van der Waals surface area contributed by atoms with E-state index in [1.165, 1.54) is 12.1 Å². The molecule has 1 aromatic heterocycles. The number of hydrogen-bond acceptors (Lipinski definition) is 3. The van der Waals surface area contributed by atoms with Crippen molar-refractivity contribution in [3.8, 4) is 5.75 Å². The van der Waals surface area contributed by atoms with Gasteiger partial charge in [-0.3, -0.25) is 9.59 Å². The van der Waals surface area contributed by atoms with Crippen LogP contribution in [0.15, 0.2) is 48.7 Å². The Bertz CT molecular complexity index is 1070. The van der Waals surface area contributed by atoms with Crippen LogP contribution in [0, 0.1) is 5.82 Å². The molecule has 162 valence electrons. The minimum Gasteiger partial charge on any atom is -0.497 e. The fraction of sp³-hybridized carbons (Fsp3) is 0.333. The maximum absolute atomic E-state index is 13.6. The summed E-state index contributed by atoms with van der Waals surface area (Å²) in [5.41, 5.74) is 2.70. The van der Waals surface area contributed by atoms with Crippen LogP contribution in [0.3, 0.4) is 0 Å². The zero-order chi connectivity index (χ0) is 21.8. The largest absolute Gasteiger partial charge is 0.497 e. The van der Waals surface area contributed by atoms with Crippen LogP contribution in [-0.4, -0.2) is 59.9 Å². The molecule has 0 radical (unpaired) electrons. The first-order valence-corrected chi connectivity index (χ1v) is 10.5. The fourth-order valence-electron chi connectivity index (χ4n) is 3.98. The molecule has 0 bridgehead atoms. The molecule has 1 saturated heterocycles. The summed E-state index contributed by atoms with van der Waals surface area (Å²) in [4.78, 5) is 32.0. The van der Waals surface area contributed by atoms with Crippen molar-refractivity contribution in [3.63, 3.8) is 0 Å². The van der Waals surface area contributed by atoms with E-state index in [-0.39, 0.29) is 24.1 Å². The zero-order valence-corrected chi connectivity index (χ0v) is 17.6. The highest BCUT2D eigenvalue weighted by Crippen LogP contribution is 2.21. The van der Waals surface area contributed by atoms with Gasteiger partial charge in [0.05, 0.1) is 13.5 Å². The van der Waals surface area contributed by atoms with Gasteiger partial charge < -0.3 is 19.5 Å². The quantitative estimate of drug-likeness (QED) is 0.662. The summed E-state index contributed by atoms with van der Waals surface area (Å²) in [7, 11) is 1.63. The first-order valence-electron chi connectivity index (χ1n) is 10.5. The molecular weight excluding hydrogens is 397 g/mol. The highest BCUT2D eigenvalue weighted by atomic mass is 19.1. The van der Waals surface area contributed by atoms with Gasteiger partial charge in [-0.15, -0.1) is 0 Å². The number of ether oxygens (including phenoxy) is 1. The lowest BCUT2D eigenvalue weighted by molar-refractivity contribution is -0.139. The summed E-state index contributed by atoms with van der Waals surface area (Å²) in [6.07, 6.45) is 3.11. The highest BCUT2D eigenvalue weighted by molar-refractivity contribution is 5.89. The molecule has 0 saturated carbocycles. The smallest absolute Gasteiger partial charge is 0.227 e. The molecule has 1 fully saturated rings. The van der Waals surface area contributed by atoms with Crippen LogP contribution in [0.4, 0.5) is 4.39 Å². The molecule has 0 unspecified atom stereocenters. The van der Waals surface area contributed by atoms with E-state index in [2.05, 4.69) is 4.98 Å². The maximum Gasteiger partial charge on any atom is 0.227 e. The summed E-state index contributed by atoms with van der Waals surface area (Å²) in [5.74, 6) is 0.585. The number of fused-ring (bicyclic) bond motifs is 1. The van der Waals surface area contributed by atoms with E-state index in [1.807, 2.05) is 29.2 Å². The van der Waals surface area contributed by atoms with Crippen LogP contribution in [-0.2, 0) is 22.4 Å². The van der Waals surface area contributed by atoms with Crippen LogP contribution >= 0.6 is 0 Å². The lowest BCUT2D eigenvalue weighted by Gasteiger charge is -2.35. The Morgan fingerprint density at radius 3 is 2.35 bits per heavy atom. The molecule has 0 aliphatic carbocycles. The van der Waals surface area contributed by atoms with Crippen LogP contribution in [0.5, 0.6) is 5.75 Å². The van der Waals surface area contributed by atoms with Crippen LogP contribution in [0.1, 0.15) is 17.5 Å². The molecule has 7 heteroatoms. The van der Waals surface area contributed by atoms with E-state index in [0.29, 0.717) is 39.0 Å². The second-order valence-corrected chi connectivity index (χ2v) is 7.79. The number of benzene rings is 2. The maximum atomic E-state index is 13.6. The number of H-pyrrole nitrogens is 1. The number of methoxy groups -OCH3 is 1. The normalized spacial score (nSPS) is 14.1. The molecule has 31 heavy (non-hydrogen) atoms. The van der Waals surface area contributed by atoms with Crippen LogP contribution in [0.25, 0.3) is 10.9 Å². The number of aromatic amines is 1. The van der Waals surface area contributed by atoms with Gasteiger partial charge in [-0.1, -0.05) is 12.1 Å². The molecule has 6 nitrogen and oxygen atoms in total. The Labute approximate surface area is 180 Å². The van der Waals surface area contributed by atoms with Gasteiger partial charge in [-0.05, 0) is 47.9 Å². The van der Waals surface area contributed by atoms with Gasteiger partial charge in [0.15, 0.2) is 0 Å². The first-order chi connectivity index (χ1) is 15.0. The van der Waals surface area contributed by atoms with Crippen molar-refractivity contribution in [1.82, 2.24) is 14.8 Å². The van der Waals surface area contributed by atoms with Crippen molar-refractivity contribution >= 4 is 22.7 Å². The molecular formula is C24H26FN3O3. The van der Waals surface area contributed by atoms with Gasteiger partial charge in [-0.2, -0.15) is 0 Å². The number of aromatic nitrogens is 1. The number of piperazine rings is 1. The van der Waals surface area contributed by atoms with E-state index in [0.717, 1.165) is 27.8 Å². The van der Waals surface area contributed by atoms with Crippen molar-refractivity contribution in [1.29, 1.82) is 0 Å². The van der Waals surface area contributed by atoms with Crippen LogP contribution in [0.2, 0.25) is 0 Å². The topological polar surface area (TPSA) is 65.6 Å². The molecule has 2 aromatic carbocycles. The summed E-state index contributed by atoms with van der Waals surface area (Å²) < 4.78 is 18.7. The highest BCUT2D eigenvalue weighted by Gasteiger charge is 2.24. The molecule has 1 N–H and O–H groups in total. The zero-order valence-electron chi connectivity index (χ0n) is 17.6. The summed E-state index contributed by atoms with van der Waals surface area (Å²) >= 11 is 0. The molecule has 0 spiro atoms. The molecule has 1 aliphatic heterocycles. The van der Waals surface area contributed by atoms with Crippen molar-refractivity contribution in [2.45, 2.75) is 19.3 Å². The van der Waals surface area contributed by atoms with E-state index in [9.17, 15) is 14.0 Å². The Balaban J connectivity index is 1.26. The van der Waals surface area contributed by atoms with Crippen molar-refractivity contribution < 1.29 is 18.7 Å². The summed E-state index contributed by atoms with van der Waals surface area (Å²) in [6, 6.07) is 12.3. The third-order valence-electron chi connectivity index (χ3n) is 5.84. The third-order valence-corrected chi connectivity index (χ3v) is 5.84.